The van der Waals surface area contributed by atoms with Gasteiger partial charge >= 0.3 is 0 Å². The summed E-state index contributed by atoms with van der Waals surface area (Å²) in [7, 11) is 3.72. The number of ether oxygens (including phenoxy) is 1. The van der Waals surface area contributed by atoms with Crippen LogP contribution in [0.3, 0.4) is 0 Å². The molecule has 2 aromatic heterocycles. The third-order valence-corrected chi connectivity index (χ3v) is 7.03. The number of rotatable bonds is 8. The maximum atomic E-state index is 12.4. The molecule has 1 aromatic carbocycles. The van der Waals surface area contributed by atoms with Gasteiger partial charge in [0.2, 0.25) is 11.7 Å². The van der Waals surface area contributed by atoms with Crippen molar-refractivity contribution in [2.24, 2.45) is 5.41 Å². The van der Waals surface area contributed by atoms with Crippen molar-refractivity contribution in [3.8, 4) is 11.4 Å². The van der Waals surface area contributed by atoms with E-state index in [1.807, 2.05) is 32.0 Å². The highest BCUT2D eigenvalue weighted by Crippen LogP contribution is 2.50. The summed E-state index contributed by atoms with van der Waals surface area (Å²) in [4.78, 5) is 11.3. The molecule has 0 radical (unpaired) electrons. The summed E-state index contributed by atoms with van der Waals surface area (Å²) in [5.74, 6) is 1.37. The minimum Gasteiger partial charge on any atom is -0.384 e. The van der Waals surface area contributed by atoms with Crippen LogP contribution in [0, 0.1) is 5.41 Å². The first kappa shape index (κ1) is 24.5. The summed E-state index contributed by atoms with van der Waals surface area (Å²) in [5, 5.41) is 16.6. The van der Waals surface area contributed by atoms with Crippen LogP contribution in [0.1, 0.15) is 63.1 Å². The van der Waals surface area contributed by atoms with E-state index in [-0.39, 0.29) is 5.41 Å². The summed E-state index contributed by atoms with van der Waals surface area (Å²) < 4.78 is 10.9. The SMILES string of the molecule is COCC(C)(C)c1nc(-c2cncc([C@@](O)(c3ccc(C(C)C)cc3)C3(C)CN(C)C3)c2)no1. The van der Waals surface area contributed by atoms with Gasteiger partial charge in [-0.05, 0) is 44.0 Å². The predicted octanol–water partition coefficient (Wildman–Crippen LogP) is 4.37. The number of benzene rings is 1. The van der Waals surface area contributed by atoms with Crippen molar-refractivity contribution in [3.05, 3.63) is 65.3 Å². The number of nitrogens with zero attached hydrogens (tertiary/aromatic N) is 4. The van der Waals surface area contributed by atoms with Crippen molar-refractivity contribution in [1.82, 2.24) is 20.0 Å². The molecule has 34 heavy (non-hydrogen) atoms. The fourth-order valence-corrected chi connectivity index (χ4v) is 5.15. The van der Waals surface area contributed by atoms with Gasteiger partial charge in [-0.25, -0.2) is 0 Å². The third kappa shape index (κ3) is 4.17. The Morgan fingerprint density at radius 1 is 1.15 bits per heavy atom. The number of pyridine rings is 1. The van der Waals surface area contributed by atoms with Crippen LogP contribution in [0.4, 0.5) is 0 Å². The van der Waals surface area contributed by atoms with Crippen molar-refractivity contribution >= 4 is 0 Å². The minimum absolute atomic E-state index is 0.371. The highest BCUT2D eigenvalue weighted by Gasteiger charge is 2.55. The maximum absolute atomic E-state index is 12.4. The van der Waals surface area contributed by atoms with E-state index >= 15 is 0 Å². The second kappa shape index (κ2) is 8.87. The van der Waals surface area contributed by atoms with Crippen molar-refractivity contribution in [2.75, 3.05) is 33.9 Å². The minimum atomic E-state index is -1.22. The highest BCUT2D eigenvalue weighted by molar-refractivity contribution is 5.56. The lowest BCUT2D eigenvalue weighted by Gasteiger charge is -2.55. The molecule has 7 nitrogen and oxygen atoms in total. The lowest BCUT2D eigenvalue weighted by molar-refractivity contribution is -0.127. The molecule has 1 aliphatic rings. The van der Waals surface area contributed by atoms with Crippen molar-refractivity contribution in [2.45, 2.75) is 51.6 Å². The van der Waals surface area contributed by atoms with Crippen LogP contribution >= 0.6 is 0 Å². The lowest BCUT2D eigenvalue weighted by Crippen LogP contribution is -2.63. The number of aliphatic hydroxyl groups is 1. The average Bonchev–Trinajstić information content (AvgIpc) is 3.29. The van der Waals surface area contributed by atoms with E-state index in [0.29, 0.717) is 29.8 Å². The average molecular weight is 465 g/mol. The number of aromatic nitrogens is 3. The first-order valence-electron chi connectivity index (χ1n) is 11.8. The van der Waals surface area contributed by atoms with Crippen LogP contribution < -0.4 is 0 Å². The number of hydrogen-bond acceptors (Lipinski definition) is 7. The van der Waals surface area contributed by atoms with Gasteiger partial charge < -0.3 is 19.3 Å². The van der Waals surface area contributed by atoms with Crippen LogP contribution in [-0.4, -0.2) is 59.0 Å². The molecule has 1 saturated heterocycles. The quantitative estimate of drug-likeness (QED) is 0.530. The molecule has 3 aromatic rings. The normalized spacial score (nSPS) is 18.0. The molecule has 0 amide bonds. The molecule has 0 unspecified atom stereocenters. The number of likely N-dealkylation sites (tertiary alicyclic amines) is 1. The maximum Gasteiger partial charge on any atom is 0.234 e. The highest BCUT2D eigenvalue weighted by atomic mass is 16.5. The van der Waals surface area contributed by atoms with Gasteiger partial charge in [0, 0.05) is 49.1 Å². The fraction of sp³-hybridized carbons (Fsp3) is 0.519. The molecule has 0 aliphatic carbocycles. The van der Waals surface area contributed by atoms with Crippen LogP contribution in [0.25, 0.3) is 11.4 Å². The van der Waals surface area contributed by atoms with E-state index in [9.17, 15) is 5.11 Å². The van der Waals surface area contributed by atoms with Gasteiger partial charge in [-0.3, -0.25) is 4.98 Å². The molecule has 1 fully saturated rings. The summed E-state index contributed by atoms with van der Waals surface area (Å²) in [6.45, 7) is 12.5. The zero-order chi connectivity index (χ0) is 24.7. The van der Waals surface area contributed by atoms with E-state index in [0.717, 1.165) is 24.2 Å². The second-order valence-electron chi connectivity index (χ2n) is 10.9. The van der Waals surface area contributed by atoms with Crippen LogP contribution in [0.5, 0.6) is 0 Å². The van der Waals surface area contributed by atoms with Gasteiger partial charge in [0.15, 0.2) is 0 Å². The Hall–Kier alpha value is -2.61. The Balaban J connectivity index is 1.77. The van der Waals surface area contributed by atoms with Gasteiger partial charge in [0.1, 0.15) is 5.60 Å². The lowest BCUT2D eigenvalue weighted by atomic mass is 9.62. The molecule has 0 spiro atoms. The molecular weight excluding hydrogens is 428 g/mol. The smallest absolute Gasteiger partial charge is 0.234 e. The van der Waals surface area contributed by atoms with Gasteiger partial charge in [-0.15, -0.1) is 0 Å². The predicted molar refractivity (Wildman–Crippen MR) is 132 cm³/mol. The molecular formula is C27H36N4O3. The zero-order valence-corrected chi connectivity index (χ0v) is 21.3. The van der Waals surface area contributed by atoms with Crippen LogP contribution in [-0.2, 0) is 15.8 Å². The van der Waals surface area contributed by atoms with E-state index in [4.69, 9.17) is 9.26 Å². The molecule has 7 heteroatoms. The van der Waals surface area contributed by atoms with Crippen LogP contribution in [0.15, 0.2) is 47.2 Å². The second-order valence-corrected chi connectivity index (χ2v) is 10.9. The summed E-state index contributed by atoms with van der Waals surface area (Å²) >= 11 is 0. The van der Waals surface area contributed by atoms with Gasteiger partial charge in [-0.2, -0.15) is 4.98 Å². The fourth-order valence-electron chi connectivity index (χ4n) is 5.15. The zero-order valence-electron chi connectivity index (χ0n) is 21.3. The van der Waals surface area contributed by atoms with Gasteiger partial charge in [0.25, 0.3) is 0 Å². The van der Waals surface area contributed by atoms with Gasteiger partial charge in [-0.1, -0.05) is 50.2 Å². The Bertz CT molecular complexity index is 1130. The molecule has 1 atom stereocenters. The van der Waals surface area contributed by atoms with Crippen LogP contribution in [0.2, 0.25) is 0 Å². The molecule has 4 rings (SSSR count). The first-order chi connectivity index (χ1) is 16.0. The number of hydrogen-bond donors (Lipinski definition) is 1. The molecule has 0 saturated carbocycles. The largest absolute Gasteiger partial charge is 0.384 e. The molecule has 1 N–H and O–H groups in total. The molecule has 182 valence electrons. The van der Waals surface area contributed by atoms with E-state index in [2.05, 4.69) is 60.0 Å². The van der Waals surface area contributed by atoms with E-state index < -0.39 is 11.0 Å². The van der Waals surface area contributed by atoms with Crippen molar-refractivity contribution < 1.29 is 14.4 Å². The first-order valence-corrected chi connectivity index (χ1v) is 11.8. The number of methoxy groups -OCH3 is 1. The third-order valence-electron chi connectivity index (χ3n) is 7.03. The Morgan fingerprint density at radius 3 is 2.41 bits per heavy atom. The molecule has 3 heterocycles. The standard InChI is InChI=1S/C27H36N4O3/c1-18(2)19-8-10-21(11-9-19)27(32,26(5)15-31(6)16-26)22-12-20(13-28-14-22)23-29-24(34-30-23)25(3,4)17-33-7/h8-14,18,32H,15-17H2,1-7H3/t27-/m0/s1. The molecule has 1 aliphatic heterocycles. The van der Waals surface area contributed by atoms with Crippen molar-refractivity contribution in [3.63, 3.8) is 0 Å². The topological polar surface area (TPSA) is 84.5 Å². The molecule has 0 bridgehead atoms. The van der Waals surface area contributed by atoms with E-state index in [1.165, 1.54) is 5.56 Å². The summed E-state index contributed by atoms with van der Waals surface area (Å²) in [6.07, 6.45) is 3.46. The van der Waals surface area contributed by atoms with E-state index in [1.54, 1.807) is 19.5 Å². The Labute approximate surface area is 202 Å². The Morgan fingerprint density at radius 2 is 1.82 bits per heavy atom. The summed E-state index contributed by atoms with van der Waals surface area (Å²) in [6, 6.07) is 10.2. The van der Waals surface area contributed by atoms with Gasteiger partial charge in [0.05, 0.1) is 12.0 Å². The Kier molecular flexibility index (Phi) is 6.40. The summed E-state index contributed by atoms with van der Waals surface area (Å²) in [5.41, 5.74) is 1.53. The monoisotopic (exact) mass is 464 g/mol. The van der Waals surface area contributed by atoms with Crippen molar-refractivity contribution in [1.29, 1.82) is 0 Å².